The first kappa shape index (κ1) is 13.8. The van der Waals surface area contributed by atoms with E-state index in [4.69, 9.17) is 5.11 Å². The van der Waals surface area contributed by atoms with Crippen LogP contribution < -0.4 is 5.32 Å². The number of aliphatic carboxylic acids is 1. The first-order valence-corrected chi connectivity index (χ1v) is 6.04. The standard InChI is InChI=1S/C12H22N2O3/c1-12(2)7-9(8-12)14(3)11(17)13-6-4-5-10(15)16/h9H,4-8H2,1-3H3,(H,13,17)(H,15,16). The zero-order valence-electron chi connectivity index (χ0n) is 10.8. The number of carbonyl (C=O) groups is 2. The minimum Gasteiger partial charge on any atom is -0.481 e. The number of amides is 2. The van der Waals surface area contributed by atoms with E-state index in [0.717, 1.165) is 12.8 Å². The van der Waals surface area contributed by atoms with Crippen molar-refractivity contribution in [2.75, 3.05) is 13.6 Å². The van der Waals surface area contributed by atoms with Gasteiger partial charge in [0, 0.05) is 26.1 Å². The highest BCUT2D eigenvalue weighted by Crippen LogP contribution is 2.42. The van der Waals surface area contributed by atoms with Crippen molar-refractivity contribution in [2.45, 2.75) is 45.6 Å². The highest BCUT2D eigenvalue weighted by molar-refractivity contribution is 5.74. The Morgan fingerprint density at radius 1 is 1.41 bits per heavy atom. The molecule has 1 aliphatic carbocycles. The molecule has 0 atom stereocenters. The van der Waals surface area contributed by atoms with Gasteiger partial charge in [0.1, 0.15) is 0 Å². The number of hydrogen-bond donors (Lipinski definition) is 2. The Morgan fingerprint density at radius 3 is 2.47 bits per heavy atom. The third-order valence-corrected chi connectivity index (χ3v) is 3.29. The lowest BCUT2D eigenvalue weighted by molar-refractivity contribution is -0.137. The summed E-state index contributed by atoms with van der Waals surface area (Å²) in [4.78, 5) is 23.7. The molecular formula is C12H22N2O3. The summed E-state index contributed by atoms with van der Waals surface area (Å²) in [6.07, 6.45) is 2.64. The van der Waals surface area contributed by atoms with E-state index >= 15 is 0 Å². The predicted molar refractivity (Wildman–Crippen MR) is 64.8 cm³/mol. The maximum atomic E-state index is 11.7. The second-order valence-corrected chi connectivity index (χ2v) is 5.57. The molecule has 0 spiro atoms. The Hall–Kier alpha value is -1.26. The number of hydrogen-bond acceptors (Lipinski definition) is 2. The number of rotatable bonds is 5. The maximum Gasteiger partial charge on any atom is 0.317 e. The Morgan fingerprint density at radius 2 is 2.00 bits per heavy atom. The van der Waals surface area contributed by atoms with Crippen molar-refractivity contribution in [1.29, 1.82) is 0 Å². The van der Waals surface area contributed by atoms with Gasteiger partial charge < -0.3 is 15.3 Å². The van der Waals surface area contributed by atoms with Crippen LogP contribution in [0, 0.1) is 5.41 Å². The Kier molecular flexibility index (Phi) is 4.37. The number of urea groups is 1. The van der Waals surface area contributed by atoms with Gasteiger partial charge in [0.25, 0.3) is 0 Å². The fourth-order valence-corrected chi connectivity index (χ4v) is 2.22. The van der Waals surface area contributed by atoms with Gasteiger partial charge >= 0.3 is 12.0 Å². The van der Waals surface area contributed by atoms with Gasteiger partial charge in [-0.05, 0) is 24.7 Å². The quantitative estimate of drug-likeness (QED) is 0.721. The van der Waals surface area contributed by atoms with Crippen LogP contribution in [-0.4, -0.2) is 41.6 Å². The minimum atomic E-state index is -0.826. The average Bonchev–Trinajstić information content (AvgIpc) is 2.19. The largest absolute Gasteiger partial charge is 0.481 e. The summed E-state index contributed by atoms with van der Waals surface area (Å²) in [5, 5.41) is 11.2. The van der Waals surface area contributed by atoms with Crippen molar-refractivity contribution < 1.29 is 14.7 Å². The topological polar surface area (TPSA) is 69.6 Å². The smallest absolute Gasteiger partial charge is 0.317 e. The van der Waals surface area contributed by atoms with E-state index in [1.807, 2.05) is 0 Å². The molecule has 5 heteroatoms. The second kappa shape index (κ2) is 5.38. The van der Waals surface area contributed by atoms with Gasteiger partial charge in [0.2, 0.25) is 0 Å². The molecule has 0 radical (unpaired) electrons. The molecule has 1 saturated carbocycles. The van der Waals surface area contributed by atoms with Crippen LogP contribution in [0.15, 0.2) is 0 Å². The predicted octanol–water partition coefficient (Wildman–Crippen LogP) is 1.68. The zero-order valence-corrected chi connectivity index (χ0v) is 10.8. The molecule has 1 aliphatic rings. The number of carboxylic acids is 1. The van der Waals surface area contributed by atoms with Crippen LogP contribution in [0.1, 0.15) is 39.5 Å². The fraction of sp³-hybridized carbons (Fsp3) is 0.833. The van der Waals surface area contributed by atoms with E-state index in [1.165, 1.54) is 0 Å². The van der Waals surface area contributed by atoms with Gasteiger partial charge in [-0.25, -0.2) is 4.79 Å². The lowest BCUT2D eigenvalue weighted by Gasteiger charge is -2.46. The van der Waals surface area contributed by atoms with Crippen LogP contribution in [0.5, 0.6) is 0 Å². The van der Waals surface area contributed by atoms with Gasteiger partial charge in [-0.3, -0.25) is 4.79 Å². The van der Waals surface area contributed by atoms with E-state index in [1.54, 1.807) is 11.9 Å². The van der Waals surface area contributed by atoms with Crippen molar-refractivity contribution in [2.24, 2.45) is 5.41 Å². The molecule has 1 rings (SSSR count). The third kappa shape index (κ3) is 4.24. The summed E-state index contributed by atoms with van der Waals surface area (Å²) in [6.45, 7) is 4.82. The molecule has 0 bridgehead atoms. The Bertz CT molecular complexity index is 294. The summed E-state index contributed by atoms with van der Waals surface area (Å²) < 4.78 is 0. The highest BCUT2D eigenvalue weighted by atomic mass is 16.4. The fourth-order valence-electron chi connectivity index (χ4n) is 2.22. The molecule has 2 amide bonds. The number of nitrogens with one attached hydrogen (secondary N) is 1. The van der Waals surface area contributed by atoms with Crippen molar-refractivity contribution in [3.63, 3.8) is 0 Å². The van der Waals surface area contributed by atoms with Crippen LogP contribution in [0.4, 0.5) is 4.79 Å². The van der Waals surface area contributed by atoms with Crippen LogP contribution >= 0.6 is 0 Å². The Labute approximate surface area is 102 Å². The average molecular weight is 242 g/mol. The van der Waals surface area contributed by atoms with Gasteiger partial charge in [-0.1, -0.05) is 13.8 Å². The molecule has 0 aliphatic heterocycles. The summed E-state index contributed by atoms with van der Waals surface area (Å²) in [5.41, 5.74) is 0.350. The van der Waals surface area contributed by atoms with E-state index in [-0.39, 0.29) is 12.5 Å². The van der Waals surface area contributed by atoms with Gasteiger partial charge in [-0.15, -0.1) is 0 Å². The van der Waals surface area contributed by atoms with Crippen LogP contribution in [-0.2, 0) is 4.79 Å². The zero-order chi connectivity index (χ0) is 13.1. The molecule has 0 aromatic heterocycles. The van der Waals surface area contributed by atoms with E-state index < -0.39 is 5.97 Å². The summed E-state index contributed by atoms with van der Waals surface area (Å²) in [7, 11) is 1.80. The first-order valence-electron chi connectivity index (χ1n) is 6.04. The number of carboxylic acid groups (broad SMARTS) is 1. The van der Waals surface area contributed by atoms with Crippen LogP contribution in [0.25, 0.3) is 0 Å². The highest BCUT2D eigenvalue weighted by Gasteiger charge is 2.39. The van der Waals surface area contributed by atoms with E-state index in [9.17, 15) is 9.59 Å². The second-order valence-electron chi connectivity index (χ2n) is 5.57. The molecule has 5 nitrogen and oxygen atoms in total. The molecular weight excluding hydrogens is 220 g/mol. The Balaban J connectivity index is 2.17. The monoisotopic (exact) mass is 242 g/mol. The van der Waals surface area contributed by atoms with Crippen molar-refractivity contribution in [3.05, 3.63) is 0 Å². The molecule has 1 fully saturated rings. The first-order chi connectivity index (χ1) is 7.82. The van der Waals surface area contributed by atoms with Gasteiger partial charge in [0.15, 0.2) is 0 Å². The molecule has 17 heavy (non-hydrogen) atoms. The molecule has 0 unspecified atom stereocenters. The minimum absolute atomic E-state index is 0.0977. The molecule has 2 N–H and O–H groups in total. The SMILES string of the molecule is CN(C(=O)NCCCC(=O)O)C1CC(C)(C)C1. The number of nitrogens with zero attached hydrogens (tertiary/aromatic N) is 1. The molecule has 0 aromatic carbocycles. The summed E-state index contributed by atoms with van der Waals surface area (Å²) >= 11 is 0. The normalized spacial score (nSPS) is 18.3. The molecule has 0 aromatic rings. The summed E-state index contributed by atoms with van der Waals surface area (Å²) in [6, 6.07) is 0.223. The molecule has 0 heterocycles. The van der Waals surface area contributed by atoms with Crippen molar-refractivity contribution in [1.82, 2.24) is 10.2 Å². The molecule has 0 saturated heterocycles. The molecule has 98 valence electrons. The van der Waals surface area contributed by atoms with Crippen molar-refractivity contribution >= 4 is 12.0 Å². The lowest BCUT2D eigenvalue weighted by Crippen LogP contribution is -2.52. The lowest BCUT2D eigenvalue weighted by atomic mass is 9.68. The summed E-state index contributed by atoms with van der Waals surface area (Å²) in [5.74, 6) is -0.826. The van der Waals surface area contributed by atoms with E-state index in [0.29, 0.717) is 24.4 Å². The van der Waals surface area contributed by atoms with Crippen LogP contribution in [0.2, 0.25) is 0 Å². The van der Waals surface area contributed by atoms with Crippen LogP contribution in [0.3, 0.4) is 0 Å². The maximum absolute atomic E-state index is 11.7. The number of carbonyl (C=O) groups excluding carboxylic acids is 1. The van der Waals surface area contributed by atoms with Gasteiger partial charge in [0.05, 0.1) is 0 Å². The van der Waals surface area contributed by atoms with Crippen molar-refractivity contribution in [3.8, 4) is 0 Å². The third-order valence-electron chi connectivity index (χ3n) is 3.29. The van der Waals surface area contributed by atoms with Gasteiger partial charge in [-0.2, -0.15) is 0 Å². The van der Waals surface area contributed by atoms with E-state index in [2.05, 4.69) is 19.2 Å².